The minimum absolute atomic E-state index is 0.321. The van der Waals surface area contributed by atoms with Crippen LogP contribution in [0.3, 0.4) is 0 Å². The topological polar surface area (TPSA) is 60.2 Å². The molecule has 0 aliphatic heterocycles. The van der Waals surface area contributed by atoms with Gasteiger partial charge in [0.05, 0.1) is 16.0 Å². The van der Waals surface area contributed by atoms with E-state index < -0.39 is 0 Å². The van der Waals surface area contributed by atoms with Gasteiger partial charge in [-0.25, -0.2) is 0 Å². The molecule has 0 unspecified atom stereocenters. The summed E-state index contributed by atoms with van der Waals surface area (Å²) >= 11 is 5.15. The molecule has 0 aliphatic carbocycles. The van der Waals surface area contributed by atoms with Crippen LogP contribution in [0.2, 0.25) is 0 Å². The largest absolute Gasteiger partial charge is 0.470 e. The van der Waals surface area contributed by atoms with E-state index in [1.54, 1.807) is 17.4 Å². The van der Waals surface area contributed by atoms with Gasteiger partial charge in [-0.2, -0.15) is 4.98 Å². The van der Waals surface area contributed by atoms with E-state index in [1.165, 1.54) is 4.88 Å². The maximum absolute atomic E-state index is 5.89. The molecule has 2 aromatic heterocycles. The van der Waals surface area contributed by atoms with Gasteiger partial charge in [0.15, 0.2) is 0 Å². The Kier molecular flexibility index (Phi) is 4.55. The van der Waals surface area contributed by atoms with Crippen LogP contribution in [0.4, 0.5) is 11.5 Å². The van der Waals surface area contributed by atoms with E-state index in [2.05, 4.69) is 32.3 Å². The number of ether oxygens (including phenoxy) is 1. The first-order chi connectivity index (χ1) is 9.33. The van der Waals surface area contributed by atoms with E-state index in [4.69, 9.17) is 10.5 Å². The number of anilines is 2. The molecule has 0 saturated heterocycles. The summed E-state index contributed by atoms with van der Waals surface area (Å²) in [4.78, 5) is 5.64. The van der Waals surface area contributed by atoms with Crippen LogP contribution >= 0.6 is 27.3 Å². The third-order valence-corrected chi connectivity index (χ3v) is 3.99. The number of halogens is 1. The number of nitrogens with zero attached hydrogens (tertiary/aromatic N) is 1. The van der Waals surface area contributed by atoms with E-state index in [9.17, 15) is 0 Å². The zero-order chi connectivity index (χ0) is 14.8. The van der Waals surface area contributed by atoms with Crippen molar-refractivity contribution in [1.82, 2.24) is 4.98 Å². The summed E-state index contributed by atoms with van der Waals surface area (Å²) in [7, 11) is 0. The van der Waals surface area contributed by atoms with Crippen molar-refractivity contribution < 1.29 is 4.74 Å². The number of rotatable bonds is 4. The molecule has 2 aromatic rings. The normalized spacial score (nSPS) is 11.4. The Bertz CT molecular complexity index is 592. The zero-order valence-electron chi connectivity index (χ0n) is 11.7. The summed E-state index contributed by atoms with van der Waals surface area (Å²) in [6.07, 6.45) is 0. The van der Waals surface area contributed by atoms with Gasteiger partial charge in [0.1, 0.15) is 11.4 Å². The molecule has 0 aromatic carbocycles. The molecule has 0 atom stereocenters. The van der Waals surface area contributed by atoms with Gasteiger partial charge in [-0.3, -0.25) is 0 Å². The van der Waals surface area contributed by atoms with Crippen LogP contribution in [0, 0.1) is 0 Å². The molecule has 2 heterocycles. The average Bonchev–Trinajstić information content (AvgIpc) is 2.74. The fourth-order valence-electron chi connectivity index (χ4n) is 1.55. The average molecular weight is 356 g/mol. The van der Waals surface area contributed by atoms with Crippen LogP contribution in [0.5, 0.6) is 5.88 Å². The van der Waals surface area contributed by atoms with Crippen molar-refractivity contribution in [3.8, 4) is 5.88 Å². The maximum Gasteiger partial charge on any atom is 0.239 e. The van der Waals surface area contributed by atoms with Crippen LogP contribution in [0.1, 0.15) is 25.6 Å². The van der Waals surface area contributed by atoms with Gasteiger partial charge < -0.3 is 15.8 Å². The highest BCUT2D eigenvalue weighted by molar-refractivity contribution is 9.11. The molecule has 4 nitrogen and oxygen atoms in total. The number of hydrogen-bond acceptors (Lipinski definition) is 5. The lowest BCUT2D eigenvalue weighted by molar-refractivity contribution is 0.125. The molecule has 0 spiro atoms. The smallest absolute Gasteiger partial charge is 0.239 e. The number of nitrogen functional groups attached to an aromatic ring is 1. The molecular weight excluding hydrogens is 338 g/mol. The van der Waals surface area contributed by atoms with E-state index in [0.29, 0.717) is 11.6 Å². The Hall–Kier alpha value is -1.27. The van der Waals surface area contributed by atoms with Gasteiger partial charge in [0.25, 0.3) is 0 Å². The number of aromatic nitrogens is 1. The lowest BCUT2D eigenvalue weighted by Crippen LogP contribution is -2.24. The van der Waals surface area contributed by atoms with Crippen LogP contribution in [-0.2, 0) is 6.54 Å². The van der Waals surface area contributed by atoms with Gasteiger partial charge in [-0.15, -0.1) is 11.3 Å². The molecular formula is C14H18BrN3OS. The molecule has 0 radical (unpaired) electrons. The van der Waals surface area contributed by atoms with Crippen LogP contribution in [0.25, 0.3) is 0 Å². The van der Waals surface area contributed by atoms with Gasteiger partial charge in [0.2, 0.25) is 5.88 Å². The predicted molar refractivity (Wildman–Crippen MR) is 88.4 cm³/mol. The molecule has 0 aliphatic rings. The van der Waals surface area contributed by atoms with Gasteiger partial charge >= 0.3 is 0 Å². The summed E-state index contributed by atoms with van der Waals surface area (Å²) in [6.45, 7) is 6.63. The zero-order valence-corrected chi connectivity index (χ0v) is 14.1. The number of nitrogens with one attached hydrogen (secondary N) is 1. The van der Waals surface area contributed by atoms with E-state index >= 15 is 0 Å². The molecule has 3 N–H and O–H groups in total. The van der Waals surface area contributed by atoms with E-state index in [-0.39, 0.29) is 5.60 Å². The summed E-state index contributed by atoms with van der Waals surface area (Å²) in [6, 6.07) is 7.77. The number of nitrogens with two attached hydrogens (primary N) is 1. The second-order valence-electron chi connectivity index (χ2n) is 5.36. The fraction of sp³-hybridized carbons (Fsp3) is 0.357. The summed E-state index contributed by atoms with van der Waals surface area (Å²) in [5, 5.41) is 3.27. The quantitative estimate of drug-likeness (QED) is 0.859. The molecule has 0 bridgehead atoms. The van der Waals surface area contributed by atoms with Crippen molar-refractivity contribution in [2.45, 2.75) is 32.9 Å². The van der Waals surface area contributed by atoms with Crippen LogP contribution < -0.4 is 15.8 Å². The van der Waals surface area contributed by atoms with Crippen molar-refractivity contribution in [3.63, 3.8) is 0 Å². The lowest BCUT2D eigenvalue weighted by atomic mass is 10.2. The Morgan fingerprint density at radius 2 is 2.05 bits per heavy atom. The van der Waals surface area contributed by atoms with Crippen molar-refractivity contribution in [2.24, 2.45) is 0 Å². The molecule has 6 heteroatoms. The highest BCUT2D eigenvalue weighted by atomic mass is 79.9. The minimum Gasteiger partial charge on any atom is -0.470 e. The van der Waals surface area contributed by atoms with Crippen molar-refractivity contribution >= 4 is 38.8 Å². The third-order valence-electron chi connectivity index (χ3n) is 2.37. The highest BCUT2D eigenvalue weighted by Crippen LogP contribution is 2.26. The van der Waals surface area contributed by atoms with Gasteiger partial charge in [0, 0.05) is 4.88 Å². The van der Waals surface area contributed by atoms with Crippen molar-refractivity contribution in [3.05, 3.63) is 32.9 Å². The summed E-state index contributed by atoms with van der Waals surface area (Å²) < 4.78 is 6.87. The predicted octanol–water partition coefficient (Wildman–Crippen LogP) is 4.28. The van der Waals surface area contributed by atoms with Crippen LogP contribution in [-0.4, -0.2) is 10.6 Å². The van der Waals surface area contributed by atoms with Crippen molar-refractivity contribution in [2.75, 3.05) is 11.1 Å². The first-order valence-corrected chi connectivity index (χ1v) is 7.88. The second kappa shape index (κ2) is 6.01. The van der Waals surface area contributed by atoms with Crippen molar-refractivity contribution in [1.29, 1.82) is 0 Å². The summed E-state index contributed by atoms with van der Waals surface area (Å²) in [5.41, 5.74) is 6.11. The Balaban J connectivity index is 2.07. The van der Waals surface area contributed by atoms with E-state index in [0.717, 1.165) is 16.1 Å². The molecule has 108 valence electrons. The van der Waals surface area contributed by atoms with E-state index in [1.807, 2.05) is 32.9 Å². The lowest BCUT2D eigenvalue weighted by Gasteiger charge is -2.21. The number of thiophene rings is 1. The summed E-state index contributed by atoms with van der Waals surface area (Å²) in [5.74, 6) is 1.22. The number of hydrogen-bond donors (Lipinski definition) is 2. The molecule has 0 saturated carbocycles. The van der Waals surface area contributed by atoms with Gasteiger partial charge in [-0.05, 0) is 61.0 Å². The van der Waals surface area contributed by atoms with Crippen LogP contribution in [0.15, 0.2) is 28.1 Å². The molecule has 20 heavy (non-hydrogen) atoms. The Morgan fingerprint density at radius 1 is 1.30 bits per heavy atom. The molecule has 0 amide bonds. The Labute approximate surface area is 131 Å². The molecule has 0 fully saturated rings. The first-order valence-electron chi connectivity index (χ1n) is 6.27. The third kappa shape index (κ3) is 4.38. The highest BCUT2D eigenvalue weighted by Gasteiger charge is 2.15. The fourth-order valence-corrected chi connectivity index (χ4v) is 2.97. The minimum atomic E-state index is -0.321. The maximum atomic E-state index is 5.89. The number of pyridine rings is 1. The second-order valence-corrected chi connectivity index (χ2v) is 7.91. The molecule has 2 rings (SSSR count). The van der Waals surface area contributed by atoms with Gasteiger partial charge in [-0.1, -0.05) is 0 Å². The monoisotopic (exact) mass is 355 g/mol. The Morgan fingerprint density at radius 3 is 2.65 bits per heavy atom. The SMILES string of the molecule is CC(C)(C)Oc1nc(NCc2ccc(Br)s2)ccc1N. The standard InChI is InChI=1S/C14H18BrN3OS/c1-14(2,3)19-13-10(16)5-7-12(18-13)17-8-9-4-6-11(15)20-9/h4-7H,8,16H2,1-3H3,(H,17,18). The first kappa shape index (κ1) is 15.1.